The van der Waals surface area contributed by atoms with Crippen LogP contribution in [0.1, 0.15) is 18.4 Å². The summed E-state index contributed by atoms with van der Waals surface area (Å²) in [4.78, 5) is 2.07. The van der Waals surface area contributed by atoms with Crippen molar-refractivity contribution < 1.29 is 21.3 Å². The second-order valence-electron chi connectivity index (χ2n) is 6.53. The molecule has 0 spiro atoms. The summed E-state index contributed by atoms with van der Waals surface area (Å²) in [7, 11) is -3.45. The van der Waals surface area contributed by atoms with Gasteiger partial charge in [0.25, 0.3) is 0 Å². The maximum absolute atomic E-state index is 13.1. The van der Waals surface area contributed by atoms with Gasteiger partial charge in [-0.25, -0.2) is 16.8 Å². The molecule has 0 aliphatic rings. The van der Waals surface area contributed by atoms with Gasteiger partial charge in [0.2, 0.25) is 10.0 Å². The molecule has 0 bridgehead atoms. The van der Waals surface area contributed by atoms with E-state index in [9.17, 15) is 16.8 Å². The molecule has 1 heterocycles. The minimum absolute atomic E-state index is 0.0358. The average Bonchev–Trinajstić information content (AvgIpc) is 3.03. The van der Waals surface area contributed by atoms with Gasteiger partial charge < -0.3 is 9.32 Å². The Morgan fingerprint density at radius 2 is 1.48 bits per heavy atom. The van der Waals surface area contributed by atoms with E-state index < -0.39 is 19.9 Å². The van der Waals surface area contributed by atoms with Crippen molar-refractivity contribution in [2.75, 3.05) is 32.9 Å². The highest BCUT2D eigenvalue weighted by atomic mass is 32.2. The summed E-state index contributed by atoms with van der Waals surface area (Å²) >= 11 is 0. The predicted molar refractivity (Wildman–Crippen MR) is 104 cm³/mol. The van der Waals surface area contributed by atoms with E-state index in [1.165, 1.54) is 28.6 Å². The third kappa shape index (κ3) is 5.41. The molecule has 2 rings (SSSR count). The van der Waals surface area contributed by atoms with E-state index >= 15 is 0 Å². The molecule has 0 atom stereocenters. The summed E-state index contributed by atoms with van der Waals surface area (Å²) in [6.45, 7) is 4.29. The zero-order chi connectivity index (χ0) is 20.2. The summed E-state index contributed by atoms with van der Waals surface area (Å²) in [5.41, 5.74) is 0. The van der Waals surface area contributed by atoms with E-state index in [0.29, 0.717) is 18.1 Å². The highest BCUT2D eigenvalue weighted by Crippen LogP contribution is 2.21. The summed E-state index contributed by atoms with van der Waals surface area (Å²) in [5.74, 6) is 1.23. The third-order valence-electron chi connectivity index (χ3n) is 4.13. The lowest BCUT2D eigenvalue weighted by atomic mass is 10.4. The smallest absolute Gasteiger partial charge is 0.243 e. The van der Waals surface area contributed by atoms with Crippen molar-refractivity contribution in [3.05, 3.63) is 47.9 Å². The van der Waals surface area contributed by atoms with Crippen molar-refractivity contribution in [2.24, 2.45) is 0 Å². The van der Waals surface area contributed by atoms with Gasteiger partial charge in [-0.1, -0.05) is 6.92 Å². The fraction of sp³-hybridized carbons (Fsp3) is 0.444. The fourth-order valence-electron chi connectivity index (χ4n) is 2.47. The zero-order valence-electron chi connectivity index (χ0n) is 16.0. The van der Waals surface area contributed by atoms with E-state index in [2.05, 4.69) is 0 Å². The van der Waals surface area contributed by atoms with Gasteiger partial charge in [-0.2, -0.15) is 4.31 Å². The number of hydrogen-bond donors (Lipinski definition) is 0. The van der Waals surface area contributed by atoms with Gasteiger partial charge in [-0.05, 0) is 57.4 Å². The molecule has 0 aliphatic heterocycles. The molecule has 7 nitrogen and oxygen atoms in total. The number of furan rings is 1. The van der Waals surface area contributed by atoms with Crippen molar-refractivity contribution in [1.29, 1.82) is 0 Å². The van der Waals surface area contributed by atoms with Crippen LogP contribution < -0.4 is 0 Å². The van der Waals surface area contributed by atoms with Gasteiger partial charge in [-0.15, -0.1) is 0 Å². The van der Waals surface area contributed by atoms with Crippen molar-refractivity contribution in [3.63, 3.8) is 0 Å². The Labute approximate surface area is 161 Å². The quantitative estimate of drug-likeness (QED) is 0.625. The molecule has 150 valence electrons. The summed E-state index contributed by atoms with van der Waals surface area (Å²) < 4.78 is 57.0. The van der Waals surface area contributed by atoms with E-state index in [1.807, 2.05) is 19.0 Å². The molecule has 0 saturated heterocycles. The first kappa shape index (κ1) is 21.6. The van der Waals surface area contributed by atoms with Crippen LogP contribution in [0.4, 0.5) is 0 Å². The Hall–Kier alpha value is -1.68. The Bertz CT molecular complexity index is 961. The van der Waals surface area contributed by atoms with Crippen LogP contribution in [-0.4, -0.2) is 59.0 Å². The SMILES string of the molecule is CCS(=O)(=O)c1ccc(S(=O)(=O)N(CCN(C)C)Cc2ccc(C)o2)cc1. The second kappa shape index (κ2) is 8.55. The number of sulfone groups is 1. The molecule has 0 aliphatic carbocycles. The molecule has 1 aromatic carbocycles. The van der Waals surface area contributed by atoms with Crippen LogP contribution in [0.5, 0.6) is 0 Å². The summed E-state index contributed by atoms with van der Waals surface area (Å²) in [6, 6.07) is 8.91. The molecule has 0 fully saturated rings. The summed E-state index contributed by atoms with van der Waals surface area (Å²) in [5, 5.41) is 0. The first-order chi connectivity index (χ1) is 12.6. The number of aryl methyl sites for hydroxylation is 1. The number of likely N-dealkylation sites (N-methyl/N-ethyl adjacent to an activating group) is 1. The van der Waals surface area contributed by atoms with Crippen molar-refractivity contribution in [3.8, 4) is 0 Å². The van der Waals surface area contributed by atoms with E-state index in [0.717, 1.165) is 0 Å². The fourth-order valence-corrected chi connectivity index (χ4v) is 4.76. The molecule has 0 N–H and O–H groups in total. The van der Waals surface area contributed by atoms with E-state index in [-0.39, 0.29) is 28.6 Å². The van der Waals surface area contributed by atoms with E-state index in [1.54, 1.807) is 26.0 Å². The molecule has 9 heteroatoms. The van der Waals surface area contributed by atoms with Gasteiger partial charge >= 0.3 is 0 Å². The zero-order valence-corrected chi connectivity index (χ0v) is 17.7. The maximum atomic E-state index is 13.1. The first-order valence-electron chi connectivity index (χ1n) is 8.59. The Morgan fingerprint density at radius 3 is 1.96 bits per heavy atom. The number of benzene rings is 1. The predicted octanol–water partition coefficient (Wildman–Crippen LogP) is 2.13. The third-order valence-corrected chi connectivity index (χ3v) is 7.74. The number of hydrogen-bond acceptors (Lipinski definition) is 6. The van der Waals surface area contributed by atoms with Crippen LogP contribution in [0.2, 0.25) is 0 Å². The molecule has 1 aromatic heterocycles. The average molecular weight is 415 g/mol. The Kier molecular flexibility index (Phi) is 6.85. The molecular weight excluding hydrogens is 388 g/mol. The highest BCUT2D eigenvalue weighted by Gasteiger charge is 2.26. The second-order valence-corrected chi connectivity index (χ2v) is 10.7. The normalized spacial score (nSPS) is 12.8. The molecular formula is C18H26N2O5S2. The molecule has 0 unspecified atom stereocenters. The molecule has 0 radical (unpaired) electrons. The van der Waals surface area contributed by atoms with Crippen LogP contribution in [0, 0.1) is 6.92 Å². The topological polar surface area (TPSA) is 87.9 Å². The number of sulfonamides is 1. The lowest BCUT2D eigenvalue weighted by molar-refractivity contribution is 0.310. The lowest BCUT2D eigenvalue weighted by Gasteiger charge is -2.23. The number of nitrogens with zero attached hydrogens (tertiary/aromatic N) is 2. The van der Waals surface area contributed by atoms with Crippen LogP contribution >= 0.6 is 0 Å². The van der Waals surface area contributed by atoms with E-state index in [4.69, 9.17) is 4.42 Å². The van der Waals surface area contributed by atoms with Crippen LogP contribution in [0.25, 0.3) is 0 Å². The van der Waals surface area contributed by atoms with Crippen molar-refractivity contribution >= 4 is 19.9 Å². The molecule has 0 amide bonds. The van der Waals surface area contributed by atoms with Crippen LogP contribution in [0.15, 0.2) is 50.6 Å². The molecule has 2 aromatic rings. The minimum Gasteiger partial charge on any atom is -0.465 e. The van der Waals surface area contributed by atoms with Gasteiger partial charge in [0.05, 0.1) is 22.1 Å². The van der Waals surface area contributed by atoms with Gasteiger partial charge in [-0.3, -0.25) is 0 Å². The summed E-state index contributed by atoms with van der Waals surface area (Å²) in [6.07, 6.45) is 0. The Morgan fingerprint density at radius 1 is 0.889 bits per heavy atom. The highest BCUT2D eigenvalue weighted by molar-refractivity contribution is 7.91. The molecule has 27 heavy (non-hydrogen) atoms. The minimum atomic E-state index is -3.80. The van der Waals surface area contributed by atoms with Crippen LogP contribution in [-0.2, 0) is 26.4 Å². The number of rotatable bonds is 9. The van der Waals surface area contributed by atoms with Crippen LogP contribution in [0.3, 0.4) is 0 Å². The van der Waals surface area contributed by atoms with Crippen molar-refractivity contribution in [2.45, 2.75) is 30.2 Å². The van der Waals surface area contributed by atoms with Gasteiger partial charge in [0.1, 0.15) is 11.5 Å². The largest absolute Gasteiger partial charge is 0.465 e. The van der Waals surface area contributed by atoms with Crippen molar-refractivity contribution in [1.82, 2.24) is 9.21 Å². The monoisotopic (exact) mass is 414 g/mol. The lowest BCUT2D eigenvalue weighted by Crippen LogP contribution is -2.36. The Balaban J connectivity index is 2.34. The van der Waals surface area contributed by atoms with Gasteiger partial charge in [0, 0.05) is 13.1 Å². The standard InChI is InChI=1S/C18H26N2O5S2/c1-5-26(21,22)17-8-10-18(11-9-17)27(23,24)20(13-12-19(3)4)14-16-7-6-15(2)25-16/h6-11H,5,12-14H2,1-4H3. The first-order valence-corrected chi connectivity index (χ1v) is 11.7. The molecule has 0 saturated carbocycles. The van der Waals surface area contributed by atoms with Gasteiger partial charge in [0.15, 0.2) is 9.84 Å². The maximum Gasteiger partial charge on any atom is 0.243 e.